The van der Waals surface area contributed by atoms with Gasteiger partial charge in [-0.25, -0.2) is 9.78 Å². The Balaban J connectivity index is 1.89. The van der Waals surface area contributed by atoms with Crippen molar-refractivity contribution < 1.29 is 23.7 Å². The Labute approximate surface area is 257 Å². The van der Waals surface area contributed by atoms with Gasteiger partial charge in [-0.15, -0.1) is 6.58 Å². The van der Waals surface area contributed by atoms with E-state index in [1.54, 1.807) is 51.4 Å². The first-order chi connectivity index (χ1) is 21.1. The predicted molar refractivity (Wildman–Crippen MR) is 173 cm³/mol. The van der Waals surface area contributed by atoms with Gasteiger partial charge in [0.2, 0.25) is 0 Å². The molecule has 1 aromatic heterocycles. The van der Waals surface area contributed by atoms with Gasteiger partial charge in [-0.1, -0.05) is 32.1 Å². The molecule has 0 unspecified atom stereocenters. The van der Waals surface area contributed by atoms with E-state index in [0.29, 0.717) is 40.2 Å². The van der Waals surface area contributed by atoms with Crippen LogP contribution in [0, 0.1) is 6.92 Å². The number of hydrogen-bond acceptors (Lipinski definition) is 8. The fraction of sp³-hybridized carbons (Fsp3) is 0.314. The Bertz CT molecular complexity index is 1770. The molecule has 1 heterocycles. The number of allylic oxidation sites excluding steroid dienone is 1. The lowest BCUT2D eigenvalue weighted by Crippen LogP contribution is -2.26. The molecule has 230 valence electrons. The number of benzene rings is 3. The maximum Gasteiger partial charge on any atom is 0.347 e. The van der Waals surface area contributed by atoms with E-state index >= 15 is 0 Å². The van der Waals surface area contributed by atoms with Crippen molar-refractivity contribution >= 4 is 23.1 Å². The molecule has 0 aliphatic heterocycles. The molecule has 3 aromatic carbocycles. The number of carbonyl (C=O) groups excluding carboxylic acids is 1. The van der Waals surface area contributed by atoms with Gasteiger partial charge >= 0.3 is 5.97 Å². The zero-order valence-electron chi connectivity index (χ0n) is 26.3. The van der Waals surface area contributed by atoms with Crippen molar-refractivity contribution in [2.24, 2.45) is 5.10 Å². The standard InChI is InChI=1S/C35H39N3O6/c1-9-13-25-17-24(18-31(42-8)32(25)44-23(6)35(40)43-10-2)20-36-38-33(37-29-15-12-11-14-26(29)34(38)39)28-19-27(21(3)4)30(41-7)16-22(28)5/h9,11-12,14-21,23H,1,10,13H2,2-8H3/t23-/m0/s1. The Hall–Kier alpha value is -4.92. The average Bonchev–Trinajstić information content (AvgIpc) is 3.01. The lowest BCUT2D eigenvalue weighted by molar-refractivity contribution is -0.150. The zero-order valence-corrected chi connectivity index (χ0v) is 26.3. The van der Waals surface area contributed by atoms with Crippen LogP contribution in [-0.4, -0.2) is 48.8 Å². The first kappa shape index (κ1) is 32.0. The van der Waals surface area contributed by atoms with Crippen LogP contribution in [0.3, 0.4) is 0 Å². The van der Waals surface area contributed by atoms with E-state index in [-0.39, 0.29) is 18.1 Å². The molecular formula is C35H39N3O6. The van der Waals surface area contributed by atoms with Crippen LogP contribution >= 0.6 is 0 Å². The molecule has 0 bridgehead atoms. The van der Waals surface area contributed by atoms with E-state index < -0.39 is 12.1 Å². The second-order valence-electron chi connectivity index (χ2n) is 10.6. The van der Waals surface area contributed by atoms with Crippen LogP contribution in [-0.2, 0) is 16.0 Å². The number of aryl methyl sites for hydroxylation is 1. The Morgan fingerprint density at radius 2 is 1.80 bits per heavy atom. The Morgan fingerprint density at radius 3 is 2.45 bits per heavy atom. The second-order valence-corrected chi connectivity index (χ2v) is 10.6. The van der Waals surface area contributed by atoms with Crippen molar-refractivity contribution in [3.8, 4) is 28.6 Å². The van der Waals surface area contributed by atoms with Gasteiger partial charge in [0, 0.05) is 11.1 Å². The lowest BCUT2D eigenvalue weighted by Gasteiger charge is -2.19. The molecule has 9 nitrogen and oxygen atoms in total. The zero-order chi connectivity index (χ0) is 32.0. The monoisotopic (exact) mass is 597 g/mol. The van der Waals surface area contributed by atoms with Gasteiger partial charge in [0.05, 0.1) is 37.9 Å². The van der Waals surface area contributed by atoms with E-state index in [2.05, 4.69) is 25.5 Å². The second kappa shape index (κ2) is 14.0. The summed E-state index contributed by atoms with van der Waals surface area (Å²) in [6.07, 6.45) is 2.90. The molecule has 0 N–H and O–H groups in total. The maximum absolute atomic E-state index is 13.9. The van der Waals surface area contributed by atoms with E-state index in [1.165, 1.54) is 11.8 Å². The van der Waals surface area contributed by atoms with Gasteiger partial charge in [-0.3, -0.25) is 4.79 Å². The van der Waals surface area contributed by atoms with E-state index in [4.69, 9.17) is 23.9 Å². The normalized spacial score (nSPS) is 12.0. The highest BCUT2D eigenvalue weighted by atomic mass is 16.6. The minimum atomic E-state index is -0.847. The van der Waals surface area contributed by atoms with Gasteiger partial charge in [0.15, 0.2) is 23.4 Å². The van der Waals surface area contributed by atoms with E-state index in [9.17, 15) is 9.59 Å². The quantitative estimate of drug-likeness (QED) is 0.105. The largest absolute Gasteiger partial charge is 0.496 e. The molecule has 0 radical (unpaired) electrons. The van der Waals surface area contributed by atoms with Gasteiger partial charge < -0.3 is 18.9 Å². The summed E-state index contributed by atoms with van der Waals surface area (Å²) >= 11 is 0. The van der Waals surface area contributed by atoms with Crippen LogP contribution in [0.5, 0.6) is 17.2 Å². The van der Waals surface area contributed by atoms with Gasteiger partial charge in [0.1, 0.15) is 5.75 Å². The number of fused-ring (bicyclic) bond motifs is 1. The SMILES string of the molecule is C=CCc1cc(C=Nn2c(-c3cc(C(C)C)c(OC)cc3C)nc3ccccc3c2=O)cc(OC)c1O[C@@H](C)C(=O)OCC. The number of rotatable bonds is 12. The summed E-state index contributed by atoms with van der Waals surface area (Å²) in [5.41, 5.74) is 4.32. The molecule has 0 spiro atoms. The summed E-state index contributed by atoms with van der Waals surface area (Å²) in [6, 6.07) is 14.8. The van der Waals surface area contributed by atoms with Crippen molar-refractivity contribution in [2.45, 2.75) is 53.1 Å². The number of hydrogen-bond donors (Lipinski definition) is 0. The smallest absolute Gasteiger partial charge is 0.347 e. The number of carbonyl (C=O) groups is 1. The summed E-state index contributed by atoms with van der Waals surface area (Å²) in [5.74, 6) is 1.70. The first-order valence-corrected chi connectivity index (χ1v) is 14.5. The summed E-state index contributed by atoms with van der Waals surface area (Å²) < 4.78 is 23.7. The highest BCUT2D eigenvalue weighted by Crippen LogP contribution is 2.35. The van der Waals surface area contributed by atoms with Crippen LogP contribution in [0.1, 0.15) is 55.9 Å². The van der Waals surface area contributed by atoms with Gasteiger partial charge in [0.25, 0.3) is 5.56 Å². The summed E-state index contributed by atoms with van der Waals surface area (Å²) in [6.45, 7) is 13.6. The van der Waals surface area contributed by atoms with Crippen molar-refractivity contribution in [3.05, 3.63) is 93.8 Å². The van der Waals surface area contributed by atoms with Crippen molar-refractivity contribution in [2.75, 3.05) is 20.8 Å². The van der Waals surface area contributed by atoms with E-state index in [0.717, 1.165) is 28.0 Å². The van der Waals surface area contributed by atoms with Crippen LogP contribution in [0.2, 0.25) is 0 Å². The number of ether oxygens (including phenoxy) is 4. The Morgan fingerprint density at radius 1 is 1.07 bits per heavy atom. The number of aromatic nitrogens is 2. The average molecular weight is 598 g/mol. The molecular weight excluding hydrogens is 558 g/mol. The summed E-state index contributed by atoms with van der Waals surface area (Å²) in [4.78, 5) is 31.0. The highest BCUT2D eigenvalue weighted by Gasteiger charge is 2.22. The third kappa shape index (κ3) is 6.67. The van der Waals surface area contributed by atoms with Crippen molar-refractivity contribution in [1.29, 1.82) is 0 Å². The molecule has 4 aromatic rings. The molecule has 0 fully saturated rings. The van der Waals surface area contributed by atoms with Crippen molar-refractivity contribution in [3.63, 3.8) is 0 Å². The van der Waals surface area contributed by atoms with Gasteiger partial charge in [-0.05, 0) is 86.2 Å². The van der Waals surface area contributed by atoms with E-state index in [1.807, 2.05) is 37.3 Å². The van der Waals surface area contributed by atoms with Crippen LogP contribution < -0.4 is 19.8 Å². The fourth-order valence-corrected chi connectivity index (χ4v) is 4.93. The molecule has 0 amide bonds. The molecule has 1 atom stereocenters. The molecule has 0 saturated heterocycles. The van der Waals surface area contributed by atoms with Crippen LogP contribution in [0.25, 0.3) is 22.3 Å². The first-order valence-electron chi connectivity index (χ1n) is 14.5. The lowest BCUT2D eigenvalue weighted by atomic mass is 9.96. The minimum absolute atomic E-state index is 0.177. The minimum Gasteiger partial charge on any atom is -0.496 e. The number of para-hydroxylation sites is 1. The van der Waals surface area contributed by atoms with Crippen LogP contribution in [0.15, 0.2) is 71.1 Å². The number of esters is 1. The van der Waals surface area contributed by atoms with Crippen molar-refractivity contribution in [1.82, 2.24) is 9.66 Å². The maximum atomic E-state index is 13.9. The highest BCUT2D eigenvalue weighted by molar-refractivity contribution is 5.84. The number of nitrogens with zero attached hydrogens (tertiary/aromatic N) is 3. The molecule has 9 heteroatoms. The Kier molecular flexibility index (Phi) is 10.2. The third-order valence-electron chi connectivity index (χ3n) is 7.17. The topological polar surface area (TPSA) is 101 Å². The molecule has 0 aliphatic carbocycles. The van der Waals surface area contributed by atoms with Gasteiger partial charge in [-0.2, -0.15) is 9.78 Å². The van der Waals surface area contributed by atoms with Crippen LogP contribution in [0.4, 0.5) is 0 Å². The third-order valence-corrected chi connectivity index (χ3v) is 7.17. The summed E-state index contributed by atoms with van der Waals surface area (Å²) in [5, 5.41) is 5.12. The molecule has 44 heavy (non-hydrogen) atoms. The molecule has 0 saturated carbocycles. The summed E-state index contributed by atoms with van der Waals surface area (Å²) in [7, 11) is 3.17. The molecule has 4 rings (SSSR count). The number of methoxy groups -OCH3 is 2. The fourth-order valence-electron chi connectivity index (χ4n) is 4.93. The predicted octanol–water partition coefficient (Wildman–Crippen LogP) is 6.45. The molecule has 0 aliphatic rings.